The third-order valence-electron chi connectivity index (χ3n) is 3.08. The van der Waals surface area contributed by atoms with Crippen LogP contribution in [0.25, 0.3) is 0 Å². The highest BCUT2D eigenvalue weighted by Crippen LogP contribution is 2.21. The summed E-state index contributed by atoms with van der Waals surface area (Å²) in [6.45, 7) is 2.33. The molecule has 0 N–H and O–H groups in total. The Morgan fingerprint density at radius 2 is 1.95 bits per heavy atom. The van der Waals surface area contributed by atoms with E-state index >= 15 is 0 Å². The first-order valence-corrected chi connectivity index (χ1v) is 8.77. The molecule has 21 heavy (non-hydrogen) atoms. The second-order valence-electron chi connectivity index (χ2n) is 4.51. The van der Waals surface area contributed by atoms with E-state index in [0.29, 0.717) is 5.75 Å². The first-order valence-electron chi connectivity index (χ1n) is 6.51. The molecule has 0 spiro atoms. The predicted octanol–water partition coefficient (Wildman–Crippen LogP) is 2.53. The molecule has 1 aromatic heterocycles. The van der Waals surface area contributed by atoms with Gasteiger partial charge in [0.2, 0.25) is 10.0 Å². The fraction of sp³-hybridized carbons (Fsp3) is 0.357. The number of thiazole rings is 1. The summed E-state index contributed by atoms with van der Waals surface area (Å²) >= 11 is 1.54. The van der Waals surface area contributed by atoms with Crippen molar-refractivity contribution in [2.75, 3.05) is 14.2 Å². The SMILES string of the molecule is CCc1cnc(CN(C)S(=O)(=O)c2ccc(OC)cc2)s1. The Morgan fingerprint density at radius 1 is 1.29 bits per heavy atom. The van der Waals surface area contributed by atoms with Crippen LogP contribution in [0.4, 0.5) is 0 Å². The Hall–Kier alpha value is -1.44. The summed E-state index contributed by atoms with van der Waals surface area (Å²) in [5.41, 5.74) is 0. The number of sulfonamides is 1. The molecule has 0 bridgehead atoms. The van der Waals surface area contributed by atoms with Crippen LogP contribution in [0, 0.1) is 0 Å². The number of methoxy groups -OCH3 is 1. The monoisotopic (exact) mass is 326 g/mol. The van der Waals surface area contributed by atoms with Crippen LogP contribution in [-0.2, 0) is 23.0 Å². The van der Waals surface area contributed by atoms with E-state index in [1.54, 1.807) is 56.0 Å². The quantitative estimate of drug-likeness (QED) is 0.818. The number of benzene rings is 1. The molecule has 1 aromatic carbocycles. The average molecular weight is 326 g/mol. The predicted molar refractivity (Wildman–Crippen MR) is 83.1 cm³/mol. The van der Waals surface area contributed by atoms with E-state index in [-0.39, 0.29) is 11.4 Å². The minimum atomic E-state index is -3.52. The Balaban J connectivity index is 2.17. The van der Waals surface area contributed by atoms with Crippen molar-refractivity contribution in [2.45, 2.75) is 24.8 Å². The lowest BCUT2D eigenvalue weighted by Crippen LogP contribution is -2.26. The number of rotatable bonds is 6. The maximum absolute atomic E-state index is 12.5. The summed E-state index contributed by atoms with van der Waals surface area (Å²) in [7, 11) is -0.408. The van der Waals surface area contributed by atoms with E-state index in [0.717, 1.165) is 16.3 Å². The molecular weight excluding hydrogens is 308 g/mol. The third kappa shape index (κ3) is 3.61. The molecule has 0 amide bonds. The average Bonchev–Trinajstić information content (AvgIpc) is 2.95. The van der Waals surface area contributed by atoms with Crippen LogP contribution in [-0.4, -0.2) is 31.9 Å². The number of nitrogens with zero attached hydrogens (tertiary/aromatic N) is 2. The van der Waals surface area contributed by atoms with Crippen LogP contribution in [0.5, 0.6) is 5.75 Å². The summed E-state index contributed by atoms with van der Waals surface area (Å²) in [5.74, 6) is 0.629. The van der Waals surface area contributed by atoms with Gasteiger partial charge in [-0.15, -0.1) is 11.3 Å². The Bertz CT molecular complexity index is 693. The summed E-state index contributed by atoms with van der Waals surface area (Å²) in [5, 5.41) is 0.798. The lowest BCUT2D eigenvalue weighted by molar-refractivity contribution is 0.414. The second kappa shape index (κ2) is 6.55. The highest BCUT2D eigenvalue weighted by atomic mass is 32.2. The molecule has 0 unspecified atom stereocenters. The van der Waals surface area contributed by atoms with E-state index in [4.69, 9.17) is 4.74 Å². The van der Waals surface area contributed by atoms with Crippen molar-refractivity contribution in [3.8, 4) is 5.75 Å². The van der Waals surface area contributed by atoms with Gasteiger partial charge in [0, 0.05) is 18.1 Å². The van der Waals surface area contributed by atoms with Gasteiger partial charge in [0.1, 0.15) is 10.8 Å². The fourth-order valence-electron chi connectivity index (χ4n) is 1.79. The van der Waals surface area contributed by atoms with Crippen molar-refractivity contribution >= 4 is 21.4 Å². The van der Waals surface area contributed by atoms with Gasteiger partial charge in [-0.2, -0.15) is 4.31 Å². The van der Waals surface area contributed by atoms with Crippen molar-refractivity contribution < 1.29 is 13.2 Å². The van der Waals surface area contributed by atoms with Crippen LogP contribution in [0.1, 0.15) is 16.8 Å². The number of aryl methyl sites for hydroxylation is 1. The van der Waals surface area contributed by atoms with Gasteiger partial charge in [-0.05, 0) is 30.7 Å². The van der Waals surface area contributed by atoms with Crippen LogP contribution in [0.15, 0.2) is 35.4 Å². The maximum atomic E-state index is 12.5. The molecule has 114 valence electrons. The molecule has 2 aromatic rings. The van der Waals surface area contributed by atoms with Crippen molar-refractivity contribution in [1.29, 1.82) is 0 Å². The highest BCUT2D eigenvalue weighted by Gasteiger charge is 2.21. The van der Waals surface area contributed by atoms with E-state index < -0.39 is 10.0 Å². The first-order chi connectivity index (χ1) is 9.97. The number of aromatic nitrogens is 1. The normalized spacial score (nSPS) is 11.8. The highest BCUT2D eigenvalue weighted by molar-refractivity contribution is 7.89. The molecule has 0 saturated carbocycles. The largest absolute Gasteiger partial charge is 0.497 e. The summed E-state index contributed by atoms with van der Waals surface area (Å²) in [4.78, 5) is 5.66. The topological polar surface area (TPSA) is 59.5 Å². The van der Waals surface area contributed by atoms with Gasteiger partial charge in [0.05, 0.1) is 18.6 Å². The van der Waals surface area contributed by atoms with Crippen molar-refractivity contribution in [3.05, 3.63) is 40.3 Å². The molecule has 0 aliphatic heterocycles. The zero-order chi connectivity index (χ0) is 15.5. The molecule has 5 nitrogen and oxygen atoms in total. The Kier molecular flexibility index (Phi) is 4.97. The fourth-order valence-corrected chi connectivity index (χ4v) is 3.92. The van der Waals surface area contributed by atoms with Crippen molar-refractivity contribution in [2.24, 2.45) is 0 Å². The van der Waals surface area contributed by atoms with Gasteiger partial charge in [0.25, 0.3) is 0 Å². The van der Waals surface area contributed by atoms with E-state index in [1.165, 1.54) is 4.31 Å². The Labute approximate surface area is 129 Å². The van der Waals surface area contributed by atoms with Gasteiger partial charge in [0.15, 0.2) is 0 Å². The number of ether oxygens (including phenoxy) is 1. The van der Waals surface area contributed by atoms with Gasteiger partial charge in [-0.25, -0.2) is 13.4 Å². The summed E-state index contributed by atoms with van der Waals surface area (Å²) in [6.07, 6.45) is 2.71. The first kappa shape index (κ1) is 15.9. The minimum absolute atomic E-state index is 0.248. The summed E-state index contributed by atoms with van der Waals surface area (Å²) < 4.78 is 31.3. The molecule has 0 aliphatic rings. The smallest absolute Gasteiger partial charge is 0.243 e. The molecule has 0 radical (unpaired) electrons. The van der Waals surface area contributed by atoms with Gasteiger partial charge in [-0.1, -0.05) is 6.92 Å². The van der Waals surface area contributed by atoms with Gasteiger partial charge >= 0.3 is 0 Å². The number of hydrogen-bond acceptors (Lipinski definition) is 5. The van der Waals surface area contributed by atoms with Gasteiger partial charge < -0.3 is 4.74 Å². The molecule has 0 fully saturated rings. The van der Waals surface area contributed by atoms with Crippen LogP contribution in [0.2, 0.25) is 0 Å². The third-order valence-corrected chi connectivity index (χ3v) is 6.02. The molecule has 0 saturated heterocycles. The molecule has 2 rings (SSSR count). The van der Waals surface area contributed by atoms with Crippen molar-refractivity contribution in [3.63, 3.8) is 0 Å². The lowest BCUT2D eigenvalue weighted by atomic mass is 10.3. The Morgan fingerprint density at radius 3 is 2.48 bits per heavy atom. The van der Waals surface area contributed by atoms with Crippen LogP contribution >= 0.6 is 11.3 Å². The second-order valence-corrected chi connectivity index (χ2v) is 7.76. The molecule has 0 atom stereocenters. The van der Waals surface area contributed by atoms with Crippen LogP contribution < -0.4 is 4.74 Å². The lowest BCUT2D eigenvalue weighted by Gasteiger charge is -2.16. The zero-order valence-electron chi connectivity index (χ0n) is 12.2. The maximum Gasteiger partial charge on any atom is 0.243 e. The van der Waals surface area contributed by atoms with E-state index in [9.17, 15) is 8.42 Å². The number of hydrogen-bond donors (Lipinski definition) is 0. The molecular formula is C14H18N2O3S2. The molecule has 1 heterocycles. The summed E-state index contributed by atoms with van der Waals surface area (Å²) in [6, 6.07) is 6.37. The molecule has 0 aliphatic carbocycles. The van der Waals surface area contributed by atoms with Crippen LogP contribution in [0.3, 0.4) is 0 Å². The standard InChI is InChI=1S/C14H18N2O3S2/c1-4-12-9-15-14(20-12)10-16(2)21(17,18)13-7-5-11(19-3)6-8-13/h5-9H,4,10H2,1-3H3. The van der Waals surface area contributed by atoms with Gasteiger partial charge in [-0.3, -0.25) is 0 Å². The van der Waals surface area contributed by atoms with Crippen molar-refractivity contribution in [1.82, 2.24) is 9.29 Å². The minimum Gasteiger partial charge on any atom is -0.497 e. The zero-order valence-corrected chi connectivity index (χ0v) is 13.9. The molecule has 7 heteroatoms. The van der Waals surface area contributed by atoms with E-state index in [2.05, 4.69) is 11.9 Å². The van der Waals surface area contributed by atoms with E-state index in [1.807, 2.05) is 0 Å².